The Balaban J connectivity index is 2.27. The summed E-state index contributed by atoms with van der Waals surface area (Å²) in [6.07, 6.45) is 1.87. The molecule has 27 heavy (non-hydrogen) atoms. The molecule has 1 N–H and O–H groups in total. The Kier molecular flexibility index (Phi) is 7.34. The van der Waals surface area contributed by atoms with Crippen molar-refractivity contribution in [3.8, 4) is 11.8 Å². The van der Waals surface area contributed by atoms with Crippen LogP contribution in [-0.4, -0.2) is 36.1 Å². The number of hydrogen-bond acceptors (Lipinski definition) is 2. The topological polar surface area (TPSA) is 40.5 Å². The van der Waals surface area contributed by atoms with Gasteiger partial charge in [-0.1, -0.05) is 56.0 Å². The van der Waals surface area contributed by atoms with E-state index in [9.17, 15) is 9.18 Å². The summed E-state index contributed by atoms with van der Waals surface area (Å²) in [5.74, 6) is 5.56. The molecule has 0 saturated carbocycles. The molecule has 2 rings (SSSR count). The summed E-state index contributed by atoms with van der Waals surface area (Å²) >= 11 is 0. The van der Waals surface area contributed by atoms with E-state index in [2.05, 4.69) is 37.8 Å². The predicted octanol–water partition coefficient (Wildman–Crippen LogP) is 4.40. The van der Waals surface area contributed by atoms with Gasteiger partial charge in [-0.2, -0.15) is 0 Å². The molecule has 0 aliphatic rings. The molecule has 0 atom stereocenters. The molecule has 0 heterocycles. The highest BCUT2D eigenvalue weighted by atomic mass is 19.1. The summed E-state index contributed by atoms with van der Waals surface area (Å²) in [5.41, 5.74) is 3.68. The normalized spacial score (nSPS) is 11.4. The van der Waals surface area contributed by atoms with Crippen molar-refractivity contribution in [3.05, 3.63) is 77.1 Å². The van der Waals surface area contributed by atoms with Gasteiger partial charge < -0.3 is 5.11 Å². The van der Waals surface area contributed by atoms with Gasteiger partial charge in [0, 0.05) is 17.7 Å². The van der Waals surface area contributed by atoms with Crippen LogP contribution in [0.2, 0.25) is 0 Å². The van der Waals surface area contributed by atoms with Gasteiger partial charge in [-0.15, -0.1) is 0 Å². The number of aliphatic carboxylic acids is 1. The van der Waals surface area contributed by atoms with Gasteiger partial charge in [-0.25, -0.2) is 4.39 Å². The van der Waals surface area contributed by atoms with Crippen molar-refractivity contribution in [1.29, 1.82) is 0 Å². The fraction of sp³-hybridized carbons (Fsp3) is 0.261. The van der Waals surface area contributed by atoms with Crippen LogP contribution in [0, 0.1) is 17.7 Å². The third-order valence-corrected chi connectivity index (χ3v) is 4.09. The summed E-state index contributed by atoms with van der Waals surface area (Å²) in [6.45, 7) is 4.66. The summed E-state index contributed by atoms with van der Waals surface area (Å²) in [7, 11) is 1.73. The van der Waals surface area contributed by atoms with Crippen molar-refractivity contribution in [2.75, 3.05) is 20.1 Å². The fourth-order valence-electron chi connectivity index (χ4n) is 2.50. The second-order valence-corrected chi connectivity index (χ2v) is 6.74. The molecule has 0 saturated heterocycles. The zero-order chi connectivity index (χ0) is 19.8. The number of carboxylic acid groups (broad SMARTS) is 1. The predicted molar refractivity (Wildman–Crippen MR) is 107 cm³/mol. The van der Waals surface area contributed by atoms with Gasteiger partial charge in [-0.3, -0.25) is 9.69 Å². The van der Waals surface area contributed by atoms with Gasteiger partial charge in [0.15, 0.2) is 0 Å². The van der Waals surface area contributed by atoms with Crippen LogP contribution >= 0.6 is 0 Å². The number of carbonyl (C=O) groups is 1. The fourth-order valence-corrected chi connectivity index (χ4v) is 2.50. The molecule has 0 aliphatic heterocycles. The van der Waals surface area contributed by atoms with Crippen molar-refractivity contribution < 1.29 is 14.3 Å². The Hall–Kier alpha value is -2.90. The monoisotopic (exact) mass is 365 g/mol. The van der Waals surface area contributed by atoms with Crippen LogP contribution in [0.15, 0.2) is 54.6 Å². The first-order valence-corrected chi connectivity index (χ1v) is 8.83. The maximum Gasteiger partial charge on any atom is 0.317 e. The van der Waals surface area contributed by atoms with E-state index in [1.807, 2.05) is 18.2 Å². The summed E-state index contributed by atoms with van der Waals surface area (Å²) in [6, 6.07) is 14.2. The molecule has 0 unspecified atom stereocenters. The van der Waals surface area contributed by atoms with Crippen molar-refractivity contribution in [3.63, 3.8) is 0 Å². The molecule has 0 radical (unpaired) electrons. The Morgan fingerprint density at radius 1 is 1.15 bits per heavy atom. The van der Waals surface area contributed by atoms with Gasteiger partial charge in [0.2, 0.25) is 0 Å². The third kappa shape index (κ3) is 6.73. The average Bonchev–Trinajstić information content (AvgIpc) is 2.62. The van der Waals surface area contributed by atoms with Crippen LogP contribution in [0.3, 0.4) is 0 Å². The van der Waals surface area contributed by atoms with Gasteiger partial charge in [0.1, 0.15) is 5.82 Å². The Bertz CT molecular complexity index is 856. The quantitative estimate of drug-likeness (QED) is 0.772. The second-order valence-electron chi connectivity index (χ2n) is 6.74. The van der Waals surface area contributed by atoms with Crippen molar-refractivity contribution in [2.45, 2.75) is 19.8 Å². The maximum atomic E-state index is 13.2. The van der Waals surface area contributed by atoms with Gasteiger partial charge in [-0.05, 0) is 48.4 Å². The molecule has 140 valence electrons. The molecule has 0 fully saturated rings. The van der Waals surface area contributed by atoms with Crippen LogP contribution in [0.25, 0.3) is 5.57 Å². The molecular formula is C23H24FNO2. The van der Waals surface area contributed by atoms with E-state index in [1.54, 1.807) is 24.1 Å². The molecule has 0 aromatic heterocycles. The molecule has 3 nitrogen and oxygen atoms in total. The number of carboxylic acids is 1. The van der Waals surface area contributed by atoms with Crippen LogP contribution in [0.5, 0.6) is 0 Å². The molecule has 0 spiro atoms. The van der Waals surface area contributed by atoms with E-state index < -0.39 is 5.97 Å². The first-order valence-electron chi connectivity index (χ1n) is 8.83. The van der Waals surface area contributed by atoms with Crippen LogP contribution in [-0.2, 0) is 4.79 Å². The summed E-state index contributed by atoms with van der Waals surface area (Å²) in [5, 5.41) is 8.88. The van der Waals surface area contributed by atoms with Gasteiger partial charge in [0.25, 0.3) is 0 Å². The highest BCUT2D eigenvalue weighted by molar-refractivity contribution is 5.79. The molecule has 0 amide bonds. The number of allylic oxidation sites excluding steroid dienone is 1. The van der Waals surface area contributed by atoms with Gasteiger partial charge in [0.05, 0.1) is 6.54 Å². The Morgan fingerprint density at radius 3 is 2.33 bits per heavy atom. The minimum atomic E-state index is -0.884. The molecule has 2 aromatic carbocycles. The van der Waals surface area contributed by atoms with Crippen molar-refractivity contribution in [1.82, 2.24) is 4.90 Å². The maximum absolute atomic E-state index is 13.2. The number of hydrogen-bond donors (Lipinski definition) is 1. The number of nitrogens with zero attached hydrogens (tertiary/aromatic N) is 1. The van der Waals surface area contributed by atoms with E-state index in [0.717, 1.165) is 16.7 Å². The van der Waals surface area contributed by atoms with E-state index in [4.69, 9.17) is 5.11 Å². The minimum absolute atomic E-state index is 0.0582. The van der Waals surface area contributed by atoms with Crippen molar-refractivity contribution >= 4 is 11.5 Å². The molecule has 0 bridgehead atoms. The van der Waals surface area contributed by atoms with E-state index in [0.29, 0.717) is 12.5 Å². The summed E-state index contributed by atoms with van der Waals surface area (Å²) < 4.78 is 13.2. The highest BCUT2D eigenvalue weighted by Gasteiger charge is 2.04. The van der Waals surface area contributed by atoms with E-state index in [-0.39, 0.29) is 12.4 Å². The van der Waals surface area contributed by atoms with E-state index >= 15 is 0 Å². The van der Waals surface area contributed by atoms with Crippen LogP contribution in [0.1, 0.15) is 36.5 Å². The lowest BCUT2D eigenvalue weighted by molar-refractivity contribution is -0.137. The Morgan fingerprint density at radius 2 is 1.78 bits per heavy atom. The zero-order valence-corrected chi connectivity index (χ0v) is 15.9. The Labute approximate surface area is 160 Å². The van der Waals surface area contributed by atoms with Gasteiger partial charge >= 0.3 is 5.97 Å². The smallest absolute Gasteiger partial charge is 0.317 e. The van der Waals surface area contributed by atoms with E-state index in [1.165, 1.54) is 17.7 Å². The second kappa shape index (κ2) is 9.70. The number of benzene rings is 2. The standard InChI is InChI=1S/C23H24FNO2/c1-17(2)19-7-4-18(5-8-19)6-9-21(14-15-25(3)16-23(26)27)20-10-12-22(24)13-11-20/h4-5,7-8,10-14,17H,15-16H2,1-3H3,(H,26,27). The van der Waals surface area contributed by atoms with Crippen molar-refractivity contribution in [2.24, 2.45) is 0 Å². The first kappa shape index (κ1) is 20.4. The lowest BCUT2D eigenvalue weighted by Crippen LogP contribution is -2.25. The lowest BCUT2D eigenvalue weighted by Gasteiger charge is -2.11. The molecule has 4 heteroatoms. The largest absolute Gasteiger partial charge is 0.480 e. The zero-order valence-electron chi connectivity index (χ0n) is 15.9. The summed E-state index contributed by atoms with van der Waals surface area (Å²) in [4.78, 5) is 12.5. The minimum Gasteiger partial charge on any atom is -0.480 e. The number of likely N-dealkylation sites (N-methyl/N-ethyl adjacent to an activating group) is 1. The third-order valence-electron chi connectivity index (χ3n) is 4.09. The average molecular weight is 365 g/mol. The highest BCUT2D eigenvalue weighted by Crippen LogP contribution is 2.16. The molecular weight excluding hydrogens is 341 g/mol. The van der Waals surface area contributed by atoms with Crippen LogP contribution < -0.4 is 0 Å². The molecule has 2 aromatic rings. The first-order chi connectivity index (χ1) is 12.8. The van der Waals surface area contributed by atoms with Crippen LogP contribution in [0.4, 0.5) is 4.39 Å². The SMILES string of the molecule is CC(C)c1ccc(C#CC(=CCN(C)CC(=O)O)c2ccc(F)cc2)cc1. The number of halogens is 1. The molecule has 0 aliphatic carbocycles. The lowest BCUT2D eigenvalue weighted by atomic mass is 10.0. The number of rotatable bonds is 6.